The number of nitrogens with two attached hydrogens (primary N) is 1. The highest BCUT2D eigenvalue weighted by atomic mass is 32.1. The lowest BCUT2D eigenvalue weighted by Gasteiger charge is -2.16. The second kappa shape index (κ2) is 6.45. The van der Waals surface area contributed by atoms with E-state index in [0.717, 1.165) is 50.0 Å². The van der Waals surface area contributed by atoms with E-state index in [0.29, 0.717) is 11.9 Å². The van der Waals surface area contributed by atoms with Crippen molar-refractivity contribution in [1.82, 2.24) is 15.3 Å². The molecule has 6 nitrogen and oxygen atoms in total. The molecule has 1 aliphatic rings. The highest BCUT2D eigenvalue weighted by molar-refractivity contribution is 7.26. The highest BCUT2D eigenvalue weighted by Crippen LogP contribution is 2.37. The molecular formula is C20H19N5OS. The van der Waals surface area contributed by atoms with Crippen LogP contribution in [0.2, 0.25) is 0 Å². The van der Waals surface area contributed by atoms with Crippen molar-refractivity contribution in [2.24, 2.45) is 0 Å². The molecule has 1 unspecified atom stereocenters. The lowest BCUT2D eigenvalue weighted by molar-refractivity contribution is 0.163. The molecule has 1 atom stereocenters. The molecule has 2 heterocycles. The molecule has 5 rings (SSSR count). The first kappa shape index (κ1) is 16.4. The molecule has 0 radical (unpaired) electrons. The normalized spacial score (nSPS) is 15.3. The zero-order chi connectivity index (χ0) is 18.4. The van der Waals surface area contributed by atoms with Gasteiger partial charge in [0.05, 0.1) is 10.2 Å². The summed E-state index contributed by atoms with van der Waals surface area (Å²) in [5, 5.41) is 17.4. The van der Waals surface area contributed by atoms with Gasteiger partial charge < -0.3 is 16.2 Å². The first-order chi connectivity index (χ1) is 13.2. The molecule has 4 aromatic rings. The molecule has 0 bridgehead atoms. The molecule has 1 fully saturated rings. The van der Waals surface area contributed by atoms with E-state index in [4.69, 9.17) is 5.73 Å². The van der Waals surface area contributed by atoms with Gasteiger partial charge in [0.15, 0.2) is 6.35 Å². The van der Waals surface area contributed by atoms with E-state index in [9.17, 15) is 5.11 Å². The molecule has 2 aromatic heterocycles. The largest absolute Gasteiger partial charge is 0.382 e. The smallest absolute Gasteiger partial charge is 0.181 e. The van der Waals surface area contributed by atoms with Gasteiger partial charge in [0.2, 0.25) is 0 Å². The number of aliphatic hydroxyl groups excluding tert-OH is 1. The zero-order valence-corrected chi connectivity index (χ0v) is 15.3. The molecule has 2 aromatic carbocycles. The number of nitrogens with one attached hydrogen (secondary N) is 2. The van der Waals surface area contributed by atoms with E-state index in [1.165, 1.54) is 6.33 Å². The molecule has 0 amide bonds. The van der Waals surface area contributed by atoms with Crippen molar-refractivity contribution in [2.45, 2.75) is 25.2 Å². The molecule has 0 saturated heterocycles. The molecule has 7 heteroatoms. The average molecular weight is 377 g/mol. The number of thiophene rings is 1. The van der Waals surface area contributed by atoms with Crippen molar-refractivity contribution in [2.75, 3.05) is 11.1 Å². The fourth-order valence-electron chi connectivity index (χ4n) is 3.23. The van der Waals surface area contributed by atoms with Crippen molar-refractivity contribution in [3.63, 3.8) is 0 Å². The Balaban J connectivity index is 1.48. The minimum atomic E-state index is -0.737. The molecule has 1 saturated carbocycles. The van der Waals surface area contributed by atoms with Gasteiger partial charge in [0.1, 0.15) is 12.1 Å². The van der Waals surface area contributed by atoms with Crippen LogP contribution in [0.1, 0.15) is 12.8 Å². The summed E-state index contributed by atoms with van der Waals surface area (Å²) >= 11 is 1.61. The Morgan fingerprint density at radius 1 is 1.11 bits per heavy atom. The molecule has 1 aliphatic carbocycles. The number of anilines is 2. The van der Waals surface area contributed by atoms with Crippen molar-refractivity contribution < 1.29 is 5.11 Å². The summed E-state index contributed by atoms with van der Waals surface area (Å²) in [6.45, 7) is 0. The highest BCUT2D eigenvalue weighted by Gasteiger charge is 2.23. The predicted octanol–water partition coefficient (Wildman–Crippen LogP) is 3.53. The fourth-order valence-corrected chi connectivity index (χ4v) is 4.33. The number of rotatable bonds is 5. The summed E-state index contributed by atoms with van der Waals surface area (Å²) in [5.74, 6) is 0.520. The molecular weight excluding hydrogens is 358 g/mol. The van der Waals surface area contributed by atoms with Crippen LogP contribution in [-0.4, -0.2) is 27.5 Å². The SMILES string of the molecule is Nc1ncnc2c1sc1cc(-c3cccc(NC(O)NC4CC4)c3)ccc12. The van der Waals surface area contributed by atoms with Crippen LogP contribution in [0.4, 0.5) is 11.5 Å². The maximum Gasteiger partial charge on any atom is 0.181 e. The lowest BCUT2D eigenvalue weighted by atomic mass is 10.0. The number of benzene rings is 2. The van der Waals surface area contributed by atoms with Crippen LogP contribution in [0, 0.1) is 0 Å². The van der Waals surface area contributed by atoms with E-state index < -0.39 is 6.35 Å². The summed E-state index contributed by atoms with van der Waals surface area (Å²) in [7, 11) is 0. The maximum absolute atomic E-state index is 10.1. The third kappa shape index (κ3) is 3.21. The monoisotopic (exact) mass is 377 g/mol. The topological polar surface area (TPSA) is 96.1 Å². The van der Waals surface area contributed by atoms with Crippen LogP contribution in [0.5, 0.6) is 0 Å². The number of aromatic nitrogens is 2. The number of nitrogens with zero attached hydrogens (tertiary/aromatic N) is 2. The molecule has 136 valence electrons. The number of hydrogen-bond acceptors (Lipinski definition) is 7. The van der Waals surface area contributed by atoms with Gasteiger partial charge in [-0.1, -0.05) is 24.3 Å². The molecule has 0 aliphatic heterocycles. The Bertz CT molecular complexity index is 1140. The van der Waals surface area contributed by atoms with Gasteiger partial charge in [-0.3, -0.25) is 5.32 Å². The lowest BCUT2D eigenvalue weighted by Crippen LogP contribution is -2.37. The summed E-state index contributed by atoms with van der Waals surface area (Å²) in [6.07, 6.45) is 3.03. The van der Waals surface area contributed by atoms with Crippen molar-refractivity contribution in [3.05, 3.63) is 48.8 Å². The second-order valence-corrected chi connectivity index (χ2v) is 7.87. The standard InChI is InChI=1S/C20H19N5OS/c21-19-18-17(22-10-23-19)15-7-4-12(9-16(15)27-18)11-2-1-3-14(8-11)25-20(26)24-13-5-6-13/h1-4,7-10,13,20,24-26H,5-6H2,(H2,21,22,23). The summed E-state index contributed by atoms with van der Waals surface area (Å²) < 4.78 is 2.05. The molecule has 27 heavy (non-hydrogen) atoms. The first-order valence-electron chi connectivity index (χ1n) is 8.91. The van der Waals surface area contributed by atoms with Crippen LogP contribution in [-0.2, 0) is 0 Å². The average Bonchev–Trinajstić information content (AvgIpc) is 3.39. The first-order valence-corrected chi connectivity index (χ1v) is 9.73. The Morgan fingerprint density at radius 3 is 2.81 bits per heavy atom. The predicted molar refractivity (Wildman–Crippen MR) is 111 cm³/mol. The van der Waals surface area contributed by atoms with Gasteiger partial charge in [-0.2, -0.15) is 0 Å². The van der Waals surface area contributed by atoms with E-state index in [2.05, 4.69) is 44.9 Å². The number of nitrogen functional groups attached to an aromatic ring is 1. The Kier molecular flexibility index (Phi) is 3.93. The number of aliphatic hydroxyl groups is 1. The third-order valence-corrected chi connectivity index (χ3v) is 5.91. The number of hydrogen-bond donors (Lipinski definition) is 4. The fraction of sp³-hybridized carbons (Fsp3) is 0.200. The van der Waals surface area contributed by atoms with Gasteiger partial charge in [-0.05, 0) is 42.2 Å². The van der Waals surface area contributed by atoms with Gasteiger partial charge in [0.25, 0.3) is 0 Å². The van der Waals surface area contributed by atoms with Crippen molar-refractivity contribution in [3.8, 4) is 11.1 Å². The van der Waals surface area contributed by atoms with E-state index in [-0.39, 0.29) is 0 Å². The molecule has 5 N–H and O–H groups in total. The van der Waals surface area contributed by atoms with E-state index in [1.54, 1.807) is 11.3 Å². The summed E-state index contributed by atoms with van der Waals surface area (Å²) in [6, 6.07) is 14.8. The van der Waals surface area contributed by atoms with Crippen LogP contribution < -0.4 is 16.4 Å². The maximum atomic E-state index is 10.1. The summed E-state index contributed by atoms with van der Waals surface area (Å²) in [4.78, 5) is 8.47. The van der Waals surface area contributed by atoms with Gasteiger partial charge in [-0.25, -0.2) is 9.97 Å². The van der Waals surface area contributed by atoms with Gasteiger partial charge in [-0.15, -0.1) is 11.3 Å². The Labute approximate surface area is 160 Å². The Hall–Kier alpha value is -2.74. The van der Waals surface area contributed by atoms with Crippen LogP contribution in [0.25, 0.3) is 31.4 Å². The second-order valence-electron chi connectivity index (χ2n) is 6.82. The van der Waals surface area contributed by atoms with Crippen LogP contribution >= 0.6 is 11.3 Å². The third-order valence-electron chi connectivity index (χ3n) is 4.75. The minimum Gasteiger partial charge on any atom is -0.382 e. The molecule has 0 spiro atoms. The van der Waals surface area contributed by atoms with Crippen LogP contribution in [0.3, 0.4) is 0 Å². The van der Waals surface area contributed by atoms with Gasteiger partial charge >= 0.3 is 0 Å². The zero-order valence-electron chi connectivity index (χ0n) is 14.5. The van der Waals surface area contributed by atoms with E-state index in [1.807, 2.05) is 18.2 Å². The van der Waals surface area contributed by atoms with Crippen molar-refractivity contribution >= 4 is 43.1 Å². The van der Waals surface area contributed by atoms with Crippen LogP contribution in [0.15, 0.2) is 48.8 Å². The van der Waals surface area contributed by atoms with Gasteiger partial charge in [0, 0.05) is 21.8 Å². The summed E-state index contributed by atoms with van der Waals surface area (Å²) in [5.41, 5.74) is 9.96. The Morgan fingerprint density at radius 2 is 1.96 bits per heavy atom. The van der Waals surface area contributed by atoms with E-state index >= 15 is 0 Å². The minimum absolute atomic E-state index is 0.432. The number of fused-ring (bicyclic) bond motifs is 3. The quantitative estimate of drug-likeness (QED) is 0.397. The van der Waals surface area contributed by atoms with Crippen molar-refractivity contribution in [1.29, 1.82) is 0 Å².